The molecule has 0 aliphatic carbocycles. The largest absolute Gasteiger partial charge is 0.294 e. The molecule has 0 aliphatic heterocycles. The highest BCUT2D eigenvalue weighted by Crippen LogP contribution is 2.23. The van der Waals surface area contributed by atoms with Crippen molar-refractivity contribution in [2.45, 2.75) is 19.8 Å². The lowest BCUT2D eigenvalue weighted by Crippen LogP contribution is -2.01. The molecule has 0 fully saturated rings. The van der Waals surface area contributed by atoms with E-state index in [-0.39, 0.29) is 11.3 Å². The number of Topliss-reactive ketones (excluding diaryl/α,β-unsaturated/α-hetero) is 1. The van der Waals surface area contributed by atoms with Crippen molar-refractivity contribution in [2.24, 2.45) is 0 Å². The second-order valence-corrected chi connectivity index (χ2v) is 4.03. The molecule has 0 N–H and O–H groups in total. The van der Waals surface area contributed by atoms with Crippen molar-refractivity contribution in [3.05, 3.63) is 34.9 Å². The van der Waals surface area contributed by atoms with Crippen LogP contribution in [-0.2, 0) is 0 Å². The number of hydrogen-bond donors (Lipinski definition) is 0. The number of carbonyl (C=O) groups is 1. The minimum Gasteiger partial charge on any atom is -0.294 e. The predicted octanol–water partition coefficient (Wildman–Crippen LogP) is 3.90. The molecule has 1 aromatic rings. The van der Waals surface area contributed by atoms with Crippen LogP contribution in [0.4, 0.5) is 8.78 Å². The molecule has 0 aliphatic rings. The van der Waals surface area contributed by atoms with Crippen LogP contribution in [0.25, 0.3) is 0 Å². The van der Waals surface area contributed by atoms with E-state index >= 15 is 0 Å². The average Bonchev–Trinajstić information content (AvgIpc) is 2.17. The van der Waals surface area contributed by atoms with Gasteiger partial charge < -0.3 is 0 Å². The summed E-state index contributed by atoms with van der Waals surface area (Å²) in [5.74, 6) is -0.0317. The van der Waals surface area contributed by atoms with E-state index in [1.54, 1.807) is 6.92 Å². The van der Waals surface area contributed by atoms with Crippen molar-refractivity contribution in [1.29, 1.82) is 0 Å². The van der Waals surface area contributed by atoms with Crippen molar-refractivity contribution in [3.8, 4) is 0 Å². The Hall–Kier alpha value is -0.770. The molecule has 4 heteroatoms. The molecule has 0 spiro atoms. The number of hydrogen-bond acceptors (Lipinski definition) is 1. The number of rotatable bonds is 4. The Morgan fingerprint density at radius 2 is 2.13 bits per heavy atom. The zero-order chi connectivity index (χ0) is 11.4. The Kier molecular flexibility index (Phi) is 4.39. The monoisotopic (exact) mass is 276 g/mol. The Morgan fingerprint density at radius 1 is 1.47 bits per heavy atom. The summed E-state index contributed by atoms with van der Waals surface area (Å²) in [6, 6.07) is 4.30. The zero-order valence-corrected chi connectivity index (χ0v) is 9.85. The number of aryl methyl sites for hydroxylation is 1. The summed E-state index contributed by atoms with van der Waals surface area (Å²) >= 11 is 3.16. The van der Waals surface area contributed by atoms with Gasteiger partial charge >= 0.3 is 0 Å². The van der Waals surface area contributed by atoms with Gasteiger partial charge in [0.15, 0.2) is 5.78 Å². The maximum absolute atomic E-state index is 12.4. The topological polar surface area (TPSA) is 17.1 Å². The number of halogens is 3. The van der Waals surface area contributed by atoms with Crippen LogP contribution in [0.5, 0.6) is 0 Å². The smallest absolute Gasteiger partial charge is 0.264 e. The molecule has 1 aromatic carbocycles. The van der Waals surface area contributed by atoms with Crippen LogP contribution in [0.1, 0.15) is 34.3 Å². The molecule has 0 aromatic heterocycles. The van der Waals surface area contributed by atoms with Gasteiger partial charge in [0.2, 0.25) is 0 Å². The molecule has 0 heterocycles. The molecule has 15 heavy (non-hydrogen) atoms. The minimum absolute atomic E-state index is 0.00890. The van der Waals surface area contributed by atoms with E-state index in [1.165, 1.54) is 18.2 Å². The van der Waals surface area contributed by atoms with E-state index in [0.717, 1.165) is 0 Å². The minimum atomic E-state index is -2.48. The van der Waals surface area contributed by atoms with Crippen LogP contribution < -0.4 is 0 Å². The van der Waals surface area contributed by atoms with Crippen LogP contribution in [0.15, 0.2) is 18.2 Å². The molecule has 0 amide bonds. The molecule has 0 unspecified atom stereocenters. The molecule has 82 valence electrons. The summed E-state index contributed by atoms with van der Waals surface area (Å²) < 4.78 is 24.8. The SMILES string of the molecule is Cc1cc(C(=O)CCBr)ccc1C(F)F. The Bertz CT molecular complexity index is 364. The molecule has 0 saturated heterocycles. The molecular weight excluding hydrogens is 266 g/mol. The summed E-state index contributed by atoms with van der Waals surface area (Å²) in [6.07, 6.45) is -2.10. The lowest BCUT2D eigenvalue weighted by atomic mass is 10.0. The third-order valence-electron chi connectivity index (χ3n) is 2.15. The van der Waals surface area contributed by atoms with E-state index in [0.29, 0.717) is 22.9 Å². The van der Waals surface area contributed by atoms with Gasteiger partial charge in [-0.3, -0.25) is 4.79 Å². The standard InChI is InChI=1S/C11H11BrF2O/c1-7-6-8(10(15)4-5-12)2-3-9(7)11(13)14/h2-3,6,11H,4-5H2,1H3. The van der Waals surface area contributed by atoms with Crippen molar-refractivity contribution < 1.29 is 13.6 Å². The lowest BCUT2D eigenvalue weighted by Gasteiger charge is -2.06. The first-order valence-corrected chi connectivity index (χ1v) is 5.66. The molecule has 0 radical (unpaired) electrons. The normalized spacial score (nSPS) is 10.7. The quantitative estimate of drug-likeness (QED) is 0.602. The van der Waals surface area contributed by atoms with Gasteiger partial charge in [-0.25, -0.2) is 8.78 Å². The fraction of sp³-hybridized carbons (Fsp3) is 0.364. The van der Waals surface area contributed by atoms with Gasteiger partial charge in [-0.1, -0.05) is 28.1 Å². The zero-order valence-electron chi connectivity index (χ0n) is 8.27. The molecule has 1 nitrogen and oxygen atoms in total. The molecule has 1 rings (SSSR count). The van der Waals surface area contributed by atoms with E-state index < -0.39 is 6.43 Å². The fourth-order valence-corrected chi connectivity index (χ4v) is 1.68. The number of carbonyl (C=O) groups excluding carboxylic acids is 1. The fourth-order valence-electron chi connectivity index (χ4n) is 1.32. The van der Waals surface area contributed by atoms with Crippen LogP contribution >= 0.6 is 15.9 Å². The highest BCUT2D eigenvalue weighted by atomic mass is 79.9. The highest BCUT2D eigenvalue weighted by Gasteiger charge is 2.12. The van der Waals surface area contributed by atoms with Crippen molar-refractivity contribution in [1.82, 2.24) is 0 Å². The Labute approximate surface area is 95.6 Å². The number of alkyl halides is 3. The summed E-state index contributed by atoms with van der Waals surface area (Å²) in [7, 11) is 0. The van der Waals surface area contributed by atoms with Gasteiger partial charge in [0.05, 0.1) is 0 Å². The second-order valence-electron chi connectivity index (χ2n) is 3.23. The van der Waals surface area contributed by atoms with Crippen LogP contribution in [0.2, 0.25) is 0 Å². The number of ketones is 1. The van der Waals surface area contributed by atoms with E-state index in [4.69, 9.17) is 0 Å². The first kappa shape index (κ1) is 12.3. The predicted molar refractivity (Wildman–Crippen MR) is 58.9 cm³/mol. The van der Waals surface area contributed by atoms with Crippen molar-refractivity contribution in [3.63, 3.8) is 0 Å². The second kappa shape index (κ2) is 5.35. The Balaban J connectivity index is 2.96. The van der Waals surface area contributed by atoms with Crippen LogP contribution in [0.3, 0.4) is 0 Å². The van der Waals surface area contributed by atoms with Gasteiger partial charge in [-0.15, -0.1) is 0 Å². The number of benzene rings is 1. The maximum atomic E-state index is 12.4. The summed E-state index contributed by atoms with van der Waals surface area (Å²) in [5.41, 5.74) is 0.951. The summed E-state index contributed by atoms with van der Waals surface area (Å²) in [4.78, 5) is 11.5. The lowest BCUT2D eigenvalue weighted by molar-refractivity contribution is 0.0989. The molecule has 0 saturated carbocycles. The Morgan fingerprint density at radius 3 is 2.60 bits per heavy atom. The first-order valence-electron chi connectivity index (χ1n) is 4.54. The summed E-state index contributed by atoms with van der Waals surface area (Å²) in [5, 5.41) is 0.585. The van der Waals surface area contributed by atoms with Gasteiger partial charge in [-0.05, 0) is 18.6 Å². The summed E-state index contributed by atoms with van der Waals surface area (Å²) in [6.45, 7) is 1.59. The van der Waals surface area contributed by atoms with E-state index in [2.05, 4.69) is 15.9 Å². The molecule has 0 atom stereocenters. The van der Waals surface area contributed by atoms with Gasteiger partial charge in [0.1, 0.15) is 0 Å². The first-order chi connectivity index (χ1) is 7.06. The van der Waals surface area contributed by atoms with Crippen LogP contribution in [0, 0.1) is 6.92 Å². The van der Waals surface area contributed by atoms with E-state index in [1.807, 2.05) is 0 Å². The third-order valence-corrected chi connectivity index (χ3v) is 2.54. The average molecular weight is 277 g/mol. The van der Waals surface area contributed by atoms with Gasteiger partial charge in [-0.2, -0.15) is 0 Å². The maximum Gasteiger partial charge on any atom is 0.264 e. The van der Waals surface area contributed by atoms with Gasteiger partial charge in [0.25, 0.3) is 6.43 Å². The van der Waals surface area contributed by atoms with Crippen LogP contribution in [-0.4, -0.2) is 11.1 Å². The molecule has 0 bridgehead atoms. The van der Waals surface area contributed by atoms with Gasteiger partial charge in [0, 0.05) is 22.9 Å². The highest BCUT2D eigenvalue weighted by molar-refractivity contribution is 9.09. The van der Waals surface area contributed by atoms with Crippen molar-refractivity contribution in [2.75, 3.05) is 5.33 Å². The molecular formula is C11H11BrF2O. The third kappa shape index (κ3) is 3.09. The van der Waals surface area contributed by atoms with Crippen molar-refractivity contribution >= 4 is 21.7 Å². The van der Waals surface area contributed by atoms with E-state index in [9.17, 15) is 13.6 Å².